The summed E-state index contributed by atoms with van der Waals surface area (Å²) < 4.78 is 1.85. The molecule has 4 rings (SSSR count). The Kier molecular flexibility index (Phi) is 3.67. The number of hydrogen-bond acceptors (Lipinski definition) is 7. The molecular weight excluding hydrogens is 280 g/mol. The number of anilines is 1. The maximum atomic E-state index is 4.38. The molecule has 0 saturated carbocycles. The molecule has 116 valence electrons. The first-order chi connectivity index (χ1) is 10.9. The highest BCUT2D eigenvalue weighted by atomic mass is 15.5. The van der Waals surface area contributed by atoms with E-state index in [1.54, 1.807) is 6.33 Å². The lowest BCUT2D eigenvalue weighted by Crippen LogP contribution is -2.57. The molecule has 8 nitrogen and oxygen atoms in total. The highest BCUT2D eigenvalue weighted by Gasteiger charge is 2.33. The zero-order valence-corrected chi connectivity index (χ0v) is 12.5. The first kappa shape index (κ1) is 13.6. The number of hydrogen-bond donors (Lipinski definition) is 0. The van der Waals surface area contributed by atoms with Crippen molar-refractivity contribution >= 4 is 5.95 Å². The van der Waals surface area contributed by atoms with Gasteiger partial charge in [-0.25, -0.2) is 14.6 Å². The SMILES string of the molecule is c1cnc(N2CCN3C[C@@H](Cn4cnnn4)CC[C@H]3C2)nc1. The predicted octanol–water partition coefficient (Wildman–Crippen LogP) is 0.0639. The minimum absolute atomic E-state index is 0.614. The molecule has 2 aliphatic rings. The van der Waals surface area contributed by atoms with Crippen molar-refractivity contribution < 1.29 is 0 Å². The topological polar surface area (TPSA) is 75.9 Å². The Hall–Kier alpha value is -2.09. The quantitative estimate of drug-likeness (QED) is 0.793. The maximum absolute atomic E-state index is 4.38. The van der Waals surface area contributed by atoms with Gasteiger partial charge in [0.1, 0.15) is 6.33 Å². The second-order valence-corrected chi connectivity index (χ2v) is 6.12. The van der Waals surface area contributed by atoms with Crippen LogP contribution in [0, 0.1) is 5.92 Å². The molecule has 0 aliphatic carbocycles. The Labute approximate surface area is 129 Å². The van der Waals surface area contributed by atoms with Crippen molar-refractivity contribution in [3.05, 3.63) is 24.8 Å². The Bertz CT molecular complexity index is 586. The van der Waals surface area contributed by atoms with E-state index in [9.17, 15) is 0 Å². The summed E-state index contributed by atoms with van der Waals surface area (Å²) in [6, 6.07) is 2.48. The minimum Gasteiger partial charge on any atom is -0.338 e. The van der Waals surface area contributed by atoms with Gasteiger partial charge >= 0.3 is 0 Å². The van der Waals surface area contributed by atoms with Crippen molar-refractivity contribution in [2.75, 3.05) is 31.1 Å². The number of piperidine rings is 1. The number of fused-ring (bicyclic) bond motifs is 1. The molecule has 8 heteroatoms. The summed E-state index contributed by atoms with van der Waals surface area (Å²) >= 11 is 0. The van der Waals surface area contributed by atoms with Gasteiger partial charge in [0.25, 0.3) is 0 Å². The van der Waals surface area contributed by atoms with Gasteiger partial charge in [0, 0.05) is 51.2 Å². The smallest absolute Gasteiger partial charge is 0.225 e. The van der Waals surface area contributed by atoms with E-state index in [1.165, 1.54) is 12.8 Å². The summed E-state index contributed by atoms with van der Waals surface area (Å²) in [5, 5.41) is 11.4. The Morgan fingerprint density at radius 2 is 2.00 bits per heavy atom. The molecule has 2 aromatic rings. The Morgan fingerprint density at radius 3 is 2.82 bits per heavy atom. The van der Waals surface area contributed by atoms with Crippen LogP contribution in [0.1, 0.15) is 12.8 Å². The van der Waals surface area contributed by atoms with Crippen LogP contribution in [0.4, 0.5) is 5.95 Å². The van der Waals surface area contributed by atoms with Crippen molar-refractivity contribution in [2.45, 2.75) is 25.4 Å². The fourth-order valence-corrected chi connectivity index (χ4v) is 3.57. The van der Waals surface area contributed by atoms with Crippen LogP contribution in [0.25, 0.3) is 0 Å². The lowest BCUT2D eigenvalue weighted by Gasteiger charge is -2.46. The van der Waals surface area contributed by atoms with Gasteiger partial charge in [-0.05, 0) is 35.3 Å². The molecule has 0 radical (unpaired) electrons. The van der Waals surface area contributed by atoms with Crippen LogP contribution in [0.5, 0.6) is 0 Å². The van der Waals surface area contributed by atoms with Crippen molar-refractivity contribution in [1.82, 2.24) is 35.1 Å². The van der Waals surface area contributed by atoms with E-state index in [0.29, 0.717) is 12.0 Å². The third-order valence-electron chi connectivity index (χ3n) is 4.68. The van der Waals surface area contributed by atoms with E-state index in [1.807, 2.05) is 23.1 Å². The molecule has 0 unspecified atom stereocenters. The van der Waals surface area contributed by atoms with Gasteiger partial charge in [-0.3, -0.25) is 4.90 Å². The molecule has 2 aliphatic heterocycles. The number of tetrazole rings is 1. The summed E-state index contributed by atoms with van der Waals surface area (Å²) in [5.41, 5.74) is 0. The molecule has 0 N–H and O–H groups in total. The van der Waals surface area contributed by atoms with Gasteiger partial charge in [-0.2, -0.15) is 0 Å². The third kappa shape index (κ3) is 2.78. The van der Waals surface area contributed by atoms with Crippen LogP contribution >= 0.6 is 0 Å². The van der Waals surface area contributed by atoms with Crippen LogP contribution in [0.3, 0.4) is 0 Å². The second-order valence-electron chi connectivity index (χ2n) is 6.12. The van der Waals surface area contributed by atoms with E-state index in [-0.39, 0.29) is 0 Å². The van der Waals surface area contributed by atoms with Gasteiger partial charge in [-0.1, -0.05) is 0 Å². The lowest BCUT2D eigenvalue weighted by molar-refractivity contribution is 0.0866. The van der Waals surface area contributed by atoms with Gasteiger partial charge in [0.2, 0.25) is 5.95 Å². The van der Waals surface area contributed by atoms with E-state index >= 15 is 0 Å². The van der Waals surface area contributed by atoms with Crippen LogP contribution < -0.4 is 4.90 Å². The van der Waals surface area contributed by atoms with Crippen molar-refractivity contribution in [3.63, 3.8) is 0 Å². The second kappa shape index (κ2) is 5.96. The third-order valence-corrected chi connectivity index (χ3v) is 4.68. The lowest BCUT2D eigenvalue weighted by atomic mass is 9.91. The predicted molar refractivity (Wildman–Crippen MR) is 80.1 cm³/mol. The first-order valence-electron chi connectivity index (χ1n) is 7.85. The molecule has 0 aromatic carbocycles. The van der Waals surface area contributed by atoms with E-state index < -0.39 is 0 Å². The van der Waals surface area contributed by atoms with Crippen LogP contribution in [-0.4, -0.2) is 67.3 Å². The van der Waals surface area contributed by atoms with Crippen molar-refractivity contribution in [1.29, 1.82) is 0 Å². The molecule has 0 amide bonds. The van der Waals surface area contributed by atoms with Crippen molar-refractivity contribution in [3.8, 4) is 0 Å². The summed E-state index contributed by atoms with van der Waals surface area (Å²) in [6.07, 6.45) is 7.78. The largest absolute Gasteiger partial charge is 0.338 e. The fraction of sp³-hybridized carbons (Fsp3) is 0.643. The fourth-order valence-electron chi connectivity index (χ4n) is 3.57. The van der Waals surface area contributed by atoms with Crippen LogP contribution in [0.2, 0.25) is 0 Å². The standard InChI is InChI=1S/C14H20N8/c1-4-15-14(16-5-1)21-7-6-20-8-12(2-3-13(20)10-21)9-22-11-17-18-19-22/h1,4-5,11-13H,2-3,6-10H2/t12-,13-/m0/s1. The maximum Gasteiger partial charge on any atom is 0.225 e. The summed E-state index contributed by atoms with van der Waals surface area (Å²) in [6.45, 7) is 5.16. The molecule has 0 spiro atoms. The number of piperazine rings is 1. The molecule has 2 saturated heterocycles. The zero-order chi connectivity index (χ0) is 14.8. The number of rotatable bonds is 3. The van der Waals surface area contributed by atoms with Crippen LogP contribution in [0.15, 0.2) is 24.8 Å². The molecule has 2 aromatic heterocycles. The van der Waals surface area contributed by atoms with E-state index in [0.717, 1.165) is 38.7 Å². The van der Waals surface area contributed by atoms with E-state index in [4.69, 9.17) is 0 Å². The van der Waals surface area contributed by atoms with Gasteiger partial charge < -0.3 is 4.90 Å². The minimum atomic E-state index is 0.614. The van der Waals surface area contributed by atoms with Gasteiger partial charge in [0.05, 0.1) is 0 Å². The monoisotopic (exact) mass is 300 g/mol. The normalized spacial score (nSPS) is 25.9. The number of nitrogens with zero attached hydrogens (tertiary/aromatic N) is 8. The highest BCUT2D eigenvalue weighted by Crippen LogP contribution is 2.27. The average molecular weight is 300 g/mol. The molecule has 4 heterocycles. The first-order valence-corrected chi connectivity index (χ1v) is 7.85. The molecule has 2 atom stereocenters. The molecule has 2 fully saturated rings. The molecular formula is C14H20N8. The van der Waals surface area contributed by atoms with Gasteiger partial charge in [-0.15, -0.1) is 5.10 Å². The number of aromatic nitrogens is 6. The summed E-state index contributed by atoms with van der Waals surface area (Å²) in [4.78, 5) is 13.7. The molecule has 22 heavy (non-hydrogen) atoms. The summed E-state index contributed by atoms with van der Waals surface area (Å²) in [5.74, 6) is 1.50. The molecule has 0 bridgehead atoms. The van der Waals surface area contributed by atoms with Crippen LogP contribution in [-0.2, 0) is 6.54 Å². The van der Waals surface area contributed by atoms with Crippen molar-refractivity contribution in [2.24, 2.45) is 5.92 Å². The van der Waals surface area contributed by atoms with E-state index in [2.05, 4.69) is 35.3 Å². The summed E-state index contributed by atoms with van der Waals surface area (Å²) in [7, 11) is 0. The Morgan fingerprint density at radius 1 is 1.09 bits per heavy atom. The van der Waals surface area contributed by atoms with Gasteiger partial charge in [0.15, 0.2) is 0 Å². The average Bonchev–Trinajstić information content (AvgIpc) is 3.08. The zero-order valence-electron chi connectivity index (χ0n) is 12.5. The highest BCUT2D eigenvalue weighted by molar-refractivity contribution is 5.30. The Balaban J connectivity index is 1.36.